The Morgan fingerprint density at radius 2 is 0.850 bits per heavy atom. The van der Waals surface area contributed by atoms with E-state index in [9.17, 15) is 0 Å². The zero-order valence-electron chi connectivity index (χ0n) is 24.7. The highest BCUT2D eigenvalue weighted by Gasteiger charge is 2.60. The predicted octanol–water partition coefficient (Wildman–Crippen LogP) is 2.37. The van der Waals surface area contributed by atoms with E-state index >= 15 is 0 Å². The van der Waals surface area contributed by atoms with E-state index < -0.39 is 47.9 Å². The van der Waals surface area contributed by atoms with Gasteiger partial charge in [-0.15, -0.1) is 0 Å². The van der Waals surface area contributed by atoms with E-state index in [1.54, 1.807) is 0 Å². The topological polar surface area (TPSA) is 111 Å². The second-order valence-corrected chi connectivity index (χ2v) is 12.9. The molecule has 6 aliphatic rings. The van der Waals surface area contributed by atoms with Crippen molar-refractivity contribution in [3.05, 3.63) is 12.2 Å². The van der Waals surface area contributed by atoms with E-state index in [1.165, 1.54) is 0 Å². The highest BCUT2D eigenvalue weighted by molar-refractivity contribution is 5.01. The maximum Gasteiger partial charge on any atom is 0.187 e. The van der Waals surface area contributed by atoms with Gasteiger partial charge in [0.15, 0.2) is 35.7 Å². The monoisotopic (exact) mass is 572 g/mol. The minimum absolute atomic E-state index is 0.289. The molecule has 0 aromatic rings. The summed E-state index contributed by atoms with van der Waals surface area (Å²) in [7, 11) is 0. The van der Waals surface area contributed by atoms with Crippen LogP contribution in [0.15, 0.2) is 12.2 Å². The number of ether oxygens (including phenoxy) is 12. The largest absolute Gasteiger partial charge is 0.348 e. The zero-order valence-corrected chi connectivity index (χ0v) is 24.7. The molecule has 6 rings (SSSR count). The molecule has 6 heterocycles. The van der Waals surface area contributed by atoms with Crippen LogP contribution in [0.2, 0.25) is 0 Å². The van der Waals surface area contributed by atoms with Crippen LogP contribution in [0.1, 0.15) is 55.4 Å². The standard InChI is InChI=1S/C28H44O12/c1-25(2)31-13-15-17(35-25)19-21(39-27(5,6)37-19)23(33-15)29-11-9-10-12-30-24-22-20(38-28(7,8)40-22)18-16(34-24)14-32-26(3,4)36-18/h9-10,15-24H,11-14H2,1-8H3/b10-9+/t15-,16-,17-,18-,19+,20+,21+,22+,23+,24+/m1/s1. The first-order valence-electron chi connectivity index (χ1n) is 14.2. The van der Waals surface area contributed by atoms with E-state index in [-0.39, 0.29) is 49.8 Å². The molecule has 0 saturated carbocycles. The molecule has 12 nitrogen and oxygen atoms in total. The first kappa shape index (κ1) is 29.3. The molecule has 0 aromatic heterocycles. The van der Waals surface area contributed by atoms with Crippen molar-refractivity contribution < 1.29 is 56.8 Å². The average Bonchev–Trinajstić information content (AvgIpc) is 3.36. The molecule has 0 aliphatic carbocycles. The van der Waals surface area contributed by atoms with Crippen LogP contribution >= 0.6 is 0 Å². The Bertz CT molecular complexity index is 876. The maximum atomic E-state index is 6.21. The summed E-state index contributed by atoms with van der Waals surface area (Å²) in [6.45, 7) is 16.4. The SMILES string of the molecule is CC1(C)O[C@@H]2[C@H](O1)[C@@H](OC/C=C/CO[C@H]1O[C@@H]3COC(C)(C)O[C@H]3[C@@H]3OC(C)(C)O[C@H]13)O[C@@H]1COC(C)(C)O[C@@H]21. The van der Waals surface area contributed by atoms with Gasteiger partial charge in [0.2, 0.25) is 0 Å². The average molecular weight is 573 g/mol. The lowest BCUT2D eigenvalue weighted by molar-refractivity contribution is -0.369. The molecule has 6 aliphatic heterocycles. The van der Waals surface area contributed by atoms with Gasteiger partial charge < -0.3 is 56.8 Å². The van der Waals surface area contributed by atoms with Gasteiger partial charge >= 0.3 is 0 Å². The Kier molecular flexibility index (Phi) is 7.67. The molecule has 0 spiro atoms. The Balaban J connectivity index is 1.02. The summed E-state index contributed by atoms with van der Waals surface area (Å²) in [4.78, 5) is 0. The third kappa shape index (κ3) is 6.01. The van der Waals surface area contributed by atoms with Crippen LogP contribution in [0.4, 0.5) is 0 Å². The summed E-state index contributed by atoms with van der Waals surface area (Å²) in [5.74, 6) is -2.98. The molecule has 12 heteroatoms. The van der Waals surface area contributed by atoms with Crippen molar-refractivity contribution in [1.82, 2.24) is 0 Å². The number of hydrogen-bond donors (Lipinski definition) is 0. The summed E-state index contributed by atoms with van der Waals surface area (Å²) in [5, 5.41) is 0. The van der Waals surface area contributed by atoms with Gasteiger partial charge in [-0.3, -0.25) is 0 Å². The molecule has 0 N–H and O–H groups in total. The summed E-state index contributed by atoms with van der Waals surface area (Å²) in [5.41, 5.74) is 0. The van der Waals surface area contributed by atoms with Gasteiger partial charge in [-0.05, 0) is 55.4 Å². The Morgan fingerprint density at radius 1 is 0.500 bits per heavy atom. The highest BCUT2D eigenvalue weighted by atomic mass is 16.8. The molecule has 6 fully saturated rings. The van der Waals surface area contributed by atoms with Gasteiger partial charge in [0.25, 0.3) is 0 Å². The maximum absolute atomic E-state index is 6.21. The van der Waals surface area contributed by atoms with Crippen molar-refractivity contribution in [2.75, 3.05) is 26.4 Å². The number of hydrogen-bond acceptors (Lipinski definition) is 12. The van der Waals surface area contributed by atoms with Crippen molar-refractivity contribution >= 4 is 0 Å². The van der Waals surface area contributed by atoms with Crippen LogP contribution in [-0.2, 0) is 56.8 Å². The molecule has 10 atom stereocenters. The van der Waals surface area contributed by atoms with Crippen LogP contribution in [-0.4, -0.2) is 111 Å². The van der Waals surface area contributed by atoms with Gasteiger partial charge in [-0.1, -0.05) is 12.2 Å². The van der Waals surface area contributed by atoms with Crippen LogP contribution in [0, 0.1) is 0 Å². The van der Waals surface area contributed by atoms with E-state index in [4.69, 9.17) is 56.8 Å². The Labute approximate surface area is 235 Å². The molecule has 228 valence electrons. The smallest absolute Gasteiger partial charge is 0.187 e. The highest BCUT2D eigenvalue weighted by Crippen LogP contribution is 2.43. The number of fused-ring (bicyclic) bond motifs is 6. The summed E-state index contributed by atoms with van der Waals surface area (Å²) >= 11 is 0. The van der Waals surface area contributed by atoms with Gasteiger partial charge in [0.1, 0.15) is 48.8 Å². The molecule has 0 radical (unpaired) electrons. The molecule has 0 amide bonds. The van der Waals surface area contributed by atoms with Gasteiger partial charge in [0.05, 0.1) is 26.4 Å². The fourth-order valence-corrected chi connectivity index (χ4v) is 6.19. The fraction of sp³-hybridized carbons (Fsp3) is 0.929. The van der Waals surface area contributed by atoms with Crippen LogP contribution in [0.25, 0.3) is 0 Å². The van der Waals surface area contributed by atoms with E-state index in [0.29, 0.717) is 13.2 Å². The van der Waals surface area contributed by atoms with E-state index in [1.807, 2.05) is 67.5 Å². The van der Waals surface area contributed by atoms with Gasteiger partial charge in [-0.25, -0.2) is 0 Å². The van der Waals surface area contributed by atoms with E-state index in [2.05, 4.69) is 0 Å². The van der Waals surface area contributed by atoms with Crippen LogP contribution < -0.4 is 0 Å². The molecule has 6 saturated heterocycles. The van der Waals surface area contributed by atoms with Gasteiger partial charge in [-0.2, -0.15) is 0 Å². The summed E-state index contributed by atoms with van der Waals surface area (Å²) in [6.07, 6.45) is -0.287. The third-order valence-corrected chi connectivity index (χ3v) is 7.77. The van der Waals surface area contributed by atoms with Crippen molar-refractivity contribution in [3.8, 4) is 0 Å². The third-order valence-electron chi connectivity index (χ3n) is 7.77. The lowest BCUT2D eigenvalue weighted by Gasteiger charge is -2.48. The normalized spacial score (nSPS) is 46.4. The minimum Gasteiger partial charge on any atom is -0.348 e. The van der Waals surface area contributed by atoms with Crippen molar-refractivity contribution in [2.45, 2.75) is 140 Å². The molecular weight excluding hydrogens is 528 g/mol. The lowest BCUT2D eigenvalue weighted by Crippen LogP contribution is -2.63. The molecule has 0 aromatic carbocycles. The second kappa shape index (κ2) is 10.5. The Hall–Kier alpha value is -0.740. The first-order valence-corrected chi connectivity index (χ1v) is 14.2. The van der Waals surface area contributed by atoms with Crippen molar-refractivity contribution in [2.24, 2.45) is 0 Å². The lowest BCUT2D eigenvalue weighted by atomic mass is 9.97. The quantitative estimate of drug-likeness (QED) is 0.436. The first-order chi connectivity index (χ1) is 18.7. The second-order valence-electron chi connectivity index (χ2n) is 12.9. The van der Waals surface area contributed by atoms with Crippen molar-refractivity contribution in [3.63, 3.8) is 0 Å². The van der Waals surface area contributed by atoms with Crippen LogP contribution in [0.5, 0.6) is 0 Å². The Morgan fingerprint density at radius 3 is 1.25 bits per heavy atom. The molecular formula is C28H44O12. The number of rotatable bonds is 6. The minimum atomic E-state index is -0.772. The zero-order chi connectivity index (χ0) is 28.5. The molecule has 40 heavy (non-hydrogen) atoms. The van der Waals surface area contributed by atoms with E-state index in [0.717, 1.165) is 0 Å². The molecule has 0 unspecified atom stereocenters. The summed E-state index contributed by atoms with van der Waals surface area (Å²) < 4.78 is 73.2. The molecule has 0 bridgehead atoms. The van der Waals surface area contributed by atoms with Crippen LogP contribution in [0.3, 0.4) is 0 Å². The van der Waals surface area contributed by atoms with Gasteiger partial charge in [0, 0.05) is 0 Å². The van der Waals surface area contributed by atoms with Crippen molar-refractivity contribution in [1.29, 1.82) is 0 Å². The summed E-state index contributed by atoms with van der Waals surface area (Å²) in [6, 6.07) is 0. The predicted molar refractivity (Wildman–Crippen MR) is 136 cm³/mol. The fourth-order valence-electron chi connectivity index (χ4n) is 6.19.